The quantitative estimate of drug-likeness (QED) is 0.727. The Kier molecular flexibility index (Phi) is 4.87. The smallest absolute Gasteiger partial charge is 0.371 e. The van der Waals surface area contributed by atoms with Gasteiger partial charge in [-0.3, -0.25) is 0 Å². The maximum absolute atomic E-state index is 12.8. The molecule has 0 aromatic heterocycles. The van der Waals surface area contributed by atoms with Crippen LogP contribution in [0.2, 0.25) is 0 Å². The van der Waals surface area contributed by atoms with Gasteiger partial charge in [0, 0.05) is 6.42 Å². The van der Waals surface area contributed by atoms with Crippen molar-refractivity contribution in [2.24, 2.45) is 0 Å². The molecule has 1 aliphatic heterocycles. The van der Waals surface area contributed by atoms with Gasteiger partial charge in [-0.15, -0.1) is 0 Å². The summed E-state index contributed by atoms with van der Waals surface area (Å²) < 4.78 is 86.8. The molecule has 1 heterocycles. The zero-order chi connectivity index (χ0) is 17.3. The Hall–Kier alpha value is -1.79. The third-order valence-electron chi connectivity index (χ3n) is 3.30. The zero-order valence-electron chi connectivity index (χ0n) is 11.5. The van der Waals surface area contributed by atoms with E-state index in [-0.39, 0.29) is 24.3 Å². The minimum Gasteiger partial charge on any atom is -0.371 e. The van der Waals surface area contributed by atoms with Crippen LogP contribution in [-0.2, 0) is 15.7 Å². The lowest BCUT2D eigenvalue weighted by molar-refractivity contribution is -0.220. The summed E-state index contributed by atoms with van der Waals surface area (Å²) in [5, 5.41) is 8.82. The molecule has 0 aliphatic carbocycles. The first kappa shape index (κ1) is 17.6. The highest BCUT2D eigenvalue weighted by atomic mass is 19.4. The van der Waals surface area contributed by atoms with E-state index in [2.05, 4.69) is 4.74 Å². The lowest BCUT2D eigenvalue weighted by atomic mass is 9.98. The summed E-state index contributed by atoms with van der Waals surface area (Å²) in [7, 11) is 0. The Morgan fingerprint density at radius 1 is 1.00 bits per heavy atom. The number of benzene rings is 1. The van der Waals surface area contributed by atoms with Crippen molar-refractivity contribution in [1.29, 1.82) is 5.26 Å². The van der Waals surface area contributed by atoms with Crippen molar-refractivity contribution in [3.05, 3.63) is 34.9 Å². The number of nitriles is 1. The number of alkyl halides is 6. The van der Waals surface area contributed by atoms with Crippen LogP contribution >= 0.6 is 0 Å². The zero-order valence-corrected chi connectivity index (χ0v) is 11.5. The predicted molar refractivity (Wildman–Crippen MR) is 65.3 cm³/mol. The Labute approximate surface area is 127 Å². The van der Waals surface area contributed by atoms with E-state index in [1.807, 2.05) is 0 Å². The minimum absolute atomic E-state index is 0.129. The lowest BCUT2D eigenvalue weighted by Crippen LogP contribution is -2.32. The first-order chi connectivity index (χ1) is 10.6. The number of hydrogen-bond donors (Lipinski definition) is 0. The van der Waals surface area contributed by atoms with Gasteiger partial charge in [0.15, 0.2) is 6.10 Å². The summed E-state index contributed by atoms with van der Waals surface area (Å²) in [6.45, 7) is -0.500. The summed E-state index contributed by atoms with van der Waals surface area (Å²) in [5.41, 5.74) is -1.54. The second-order valence-electron chi connectivity index (χ2n) is 4.95. The van der Waals surface area contributed by atoms with Gasteiger partial charge in [-0.05, 0) is 23.8 Å². The summed E-state index contributed by atoms with van der Waals surface area (Å²) >= 11 is 0. The number of rotatable bonds is 1. The summed E-state index contributed by atoms with van der Waals surface area (Å²) in [6, 6.07) is 4.00. The molecule has 23 heavy (non-hydrogen) atoms. The normalized spacial score (nSPS) is 23.2. The molecule has 0 spiro atoms. The first-order valence-corrected chi connectivity index (χ1v) is 6.53. The fourth-order valence-corrected chi connectivity index (χ4v) is 2.24. The van der Waals surface area contributed by atoms with E-state index in [4.69, 9.17) is 10.00 Å². The van der Waals surface area contributed by atoms with Crippen LogP contribution in [0.3, 0.4) is 0 Å². The highest BCUT2D eigenvalue weighted by molar-refractivity contribution is 5.39. The summed E-state index contributed by atoms with van der Waals surface area (Å²) in [6.07, 6.45) is -13.4. The molecule has 1 fully saturated rings. The van der Waals surface area contributed by atoms with Crippen molar-refractivity contribution in [1.82, 2.24) is 0 Å². The van der Waals surface area contributed by atoms with Crippen molar-refractivity contribution in [3.63, 3.8) is 0 Å². The molecule has 0 amide bonds. The Balaban J connectivity index is 2.38. The third-order valence-corrected chi connectivity index (χ3v) is 3.30. The number of hydrogen-bond acceptors (Lipinski definition) is 3. The first-order valence-electron chi connectivity index (χ1n) is 6.53. The molecule has 0 saturated carbocycles. The predicted octanol–water partition coefficient (Wildman–Crippen LogP) is 3.99. The van der Waals surface area contributed by atoms with Gasteiger partial charge >= 0.3 is 12.4 Å². The Bertz CT molecular complexity index is 605. The lowest BCUT2D eigenvalue weighted by Gasteiger charge is -2.22. The van der Waals surface area contributed by atoms with Crippen LogP contribution < -0.4 is 0 Å². The van der Waals surface area contributed by atoms with E-state index in [0.29, 0.717) is 12.1 Å². The minimum atomic E-state index is -4.72. The van der Waals surface area contributed by atoms with Crippen LogP contribution in [0.25, 0.3) is 0 Å². The Morgan fingerprint density at radius 2 is 1.65 bits per heavy atom. The van der Waals surface area contributed by atoms with E-state index in [1.165, 1.54) is 0 Å². The van der Waals surface area contributed by atoms with Gasteiger partial charge in [0.05, 0.1) is 36.5 Å². The molecular weight excluding hydrogens is 328 g/mol. The molecule has 9 heteroatoms. The SMILES string of the molecule is N#Cc1cc(C2CC(C(F)(F)F)OCCO2)cc(C(F)(F)F)c1. The highest BCUT2D eigenvalue weighted by Gasteiger charge is 2.43. The molecule has 2 rings (SSSR count). The van der Waals surface area contributed by atoms with Crippen molar-refractivity contribution in [2.75, 3.05) is 13.2 Å². The summed E-state index contributed by atoms with van der Waals surface area (Å²) in [5.74, 6) is 0. The van der Waals surface area contributed by atoms with Gasteiger partial charge in [-0.2, -0.15) is 31.6 Å². The molecule has 2 unspecified atom stereocenters. The van der Waals surface area contributed by atoms with Crippen LogP contribution in [0.5, 0.6) is 0 Å². The monoisotopic (exact) mass is 339 g/mol. The molecule has 0 bridgehead atoms. The molecule has 126 valence electrons. The van der Waals surface area contributed by atoms with Crippen LogP contribution in [0, 0.1) is 11.3 Å². The van der Waals surface area contributed by atoms with E-state index in [1.54, 1.807) is 6.07 Å². The van der Waals surface area contributed by atoms with Crippen molar-refractivity contribution in [3.8, 4) is 6.07 Å². The van der Waals surface area contributed by atoms with Crippen molar-refractivity contribution < 1.29 is 35.8 Å². The van der Waals surface area contributed by atoms with Gasteiger partial charge in [-0.25, -0.2) is 0 Å². The second-order valence-corrected chi connectivity index (χ2v) is 4.95. The topological polar surface area (TPSA) is 42.2 Å². The van der Waals surface area contributed by atoms with E-state index >= 15 is 0 Å². The van der Waals surface area contributed by atoms with Gasteiger partial charge in [0.25, 0.3) is 0 Å². The molecule has 1 saturated heterocycles. The molecule has 2 atom stereocenters. The summed E-state index contributed by atoms with van der Waals surface area (Å²) in [4.78, 5) is 0. The fraction of sp³-hybridized carbons (Fsp3) is 0.500. The molecule has 3 nitrogen and oxygen atoms in total. The molecule has 0 N–H and O–H groups in total. The van der Waals surface area contributed by atoms with Gasteiger partial charge in [0.1, 0.15) is 0 Å². The molecular formula is C14H11F6NO2. The van der Waals surface area contributed by atoms with Crippen LogP contribution in [0.15, 0.2) is 18.2 Å². The number of ether oxygens (including phenoxy) is 2. The average Bonchev–Trinajstić information content (AvgIpc) is 2.71. The van der Waals surface area contributed by atoms with Crippen LogP contribution in [0.1, 0.15) is 29.2 Å². The second kappa shape index (κ2) is 6.37. The molecule has 0 radical (unpaired) electrons. The standard InChI is InChI=1S/C14H11F6NO2/c15-13(16,17)10-4-8(7-21)3-9(5-10)11-6-12(14(18,19)20)23-2-1-22-11/h3-5,11-12H,1-2,6H2. The molecule has 1 aromatic rings. The Morgan fingerprint density at radius 3 is 2.22 bits per heavy atom. The largest absolute Gasteiger partial charge is 0.416 e. The van der Waals surface area contributed by atoms with Crippen molar-refractivity contribution >= 4 is 0 Å². The van der Waals surface area contributed by atoms with E-state index < -0.39 is 36.5 Å². The van der Waals surface area contributed by atoms with Gasteiger partial charge in [0.2, 0.25) is 0 Å². The van der Waals surface area contributed by atoms with E-state index in [9.17, 15) is 26.3 Å². The van der Waals surface area contributed by atoms with Crippen LogP contribution in [-0.4, -0.2) is 25.5 Å². The van der Waals surface area contributed by atoms with Gasteiger partial charge in [-0.1, -0.05) is 0 Å². The maximum Gasteiger partial charge on any atom is 0.416 e. The average molecular weight is 339 g/mol. The molecule has 1 aliphatic rings. The van der Waals surface area contributed by atoms with Gasteiger partial charge < -0.3 is 9.47 Å². The number of halogens is 6. The third kappa shape index (κ3) is 4.36. The molecule has 1 aromatic carbocycles. The van der Waals surface area contributed by atoms with E-state index in [0.717, 1.165) is 6.07 Å². The van der Waals surface area contributed by atoms with Crippen molar-refractivity contribution in [2.45, 2.75) is 31.0 Å². The fourth-order valence-electron chi connectivity index (χ4n) is 2.24. The number of nitrogens with zero attached hydrogens (tertiary/aromatic N) is 1. The highest BCUT2D eigenvalue weighted by Crippen LogP contribution is 2.37. The van der Waals surface area contributed by atoms with Crippen LogP contribution in [0.4, 0.5) is 26.3 Å². The maximum atomic E-state index is 12.8.